The average molecular weight is 327 g/mol. The van der Waals surface area contributed by atoms with E-state index in [1.807, 2.05) is 0 Å². The minimum absolute atomic E-state index is 0.0271. The van der Waals surface area contributed by atoms with Crippen molar-refractivity contribution in [3.63, 3.8) is 0 Å². The number of rotatable bonds is 2. The fraction of sp³-hybridized carbons (Fsp3) is 0. The number of hydrogen-bond acceptors (Lipinski definition) is 6. The summed E-state index contributed by atoms with van der Waals surface area (Å²) in [5, 5.41) is 0. The predicted octanol–water partition coefficient (Wildman–Crippen LogP) is -2.94. The van der Waals surface area contributed by atoms with E-state index in [0.717, 1.165) is 0 Å². The third-order valence-corrected chi connectivity index (χ3v) is 4.40. The molecule has 0 aliphatic heterocycles. The number of nitrogen functional groups attached to an aromatic ring is 3. The molecule has 10 heteroatoms. The first-order valence-corrected chi connectivity index (χ1v) is 8.44. The molecule has 0 atom stereocenters. The first kappa shape index (κ1) is 13.3. The number of nitrogens with two attached hydrogens (primary N) is 3. The Balaban J connectivity index is 2.52. The molecular weight excluding hydrogens is 315 g/mol. The van der Waals surface area contributed by atoms with Gasteiger partial charge in [-0.3, -0.25) is 0 Å². The second-order valence-corrected chi connectivity index (χ2v) is 7.06. The van der Waals surface area contributed by atoms with Gasteiger partial charge in [-0.05, 0) is 0 Å². The van der Waals surface area contributed by atoms with Crippen molar-refractivity contribution in [2.24, 2.45) is 0 Å². The van der Waals surface area contributed by atoms with Gasteiger partial charge in [-0.1, -0.05) is 0 Å². The van der Waals surface area contributed by atoms with Crippen molar-refractivity contribution in [3.8, 4) is 5.69 Å². The van der Waals surface area contributed by atoms with Crippen LogP contribution in [0.1, 0.15) is 0 Å². The zero-order chi connectivity index (χ0) is 14.2. The molecule has 2 rings (SSSR count). The van der Waals surface area contributed by atoms with Crippen LogP contribution in [-0.2, 0) is 3.74 Å². The molecule has 0 saturated heterocycles. The van der Waals surface area contributed by atoms with Gasteiger partial charge in [-0.25, -0.2) is 0 Å². The molecule has 0 radical (unpaired) electrons. The number of hydrogen-bond donors (Lipinski definition) is 5. The van der Waals surface area contributed by atoms with Crippen molar-refractivity contribution in [2.45, 2.75) is 0 Å². The monoisotopic (exact) mass is 327 g/mol. The van der Waals surface area contributed by atoms with Crippen LogP contribution in [0.3, 0.4) is 0 Å². The molecule has 100 valence electrons. The Hall–Kier alpha value is -2.09. The zero-order valence-corrected chi connectivity index (χ0v) is 11.5. The van der Waals surface area contributed by atoms with Gasteiger partial charge in [0.15, 0.2) is 0 Å². The van der Waals surface area contributed by atoms with E-state index in [4.69, 9.17) is 25.4 Å². The maximum absolute atomic E-state index is 11.1. The van der Waals surface area contributed by atoms with Gasteiger partial charge in [0.2, 0.25) is 0 Å². The van der Waals surface area contributed by atoms with E-state index in [-0.39, 0.29) is 22.2 Å². The van der Waals surface area contributed by atoms with Crippen LogP contribution in [0.4, 0.5) is 17.8 Å². The Morgan fingerprint density at radius 2 is 1.47 bits per heavy atom. The van der Waals surface area contributed by atoms with Crippen molar-refractivity contribution in [3.05, 3.63) is 24.3 Å². The maximum atomic E-state index is 11.1. The summed E-state index contributed by atoms with van der Waals surface area (Å²) in [5.41, 5.74) is 17.2. The predicted molar refractivity (Wildman–Crippen MR) is 67.3 cm³/mol. The fourth-order valence-electron chi connectivity index (χ4n) is 1.54. The van der Waals surface area contributed by atoms with Crippen LogP contribution in [0.2, 0.25) is 0 Å². The molecule has 19 heavy (non-hydrogen) atoms. The molecule has 0 saturated carbocycles. The number of nitrogens with zero attached hydrogens (tertiary/aromatic N) is 3. The standard InChI is InChI=1S/C9H11AsN6O3/c11-7-14-8(12)16(9(13)15-7)6-3-1-5(2-4-6)10(17,18)19/h1-4H,(H7,11,12,13,14,15,17,18,19)/p+1. The Morgan fingerprint density at radius 3 is 1.89 bits per heavy atom. The van der Waals surface area contributed by atoms with Gasteiger partial charge in [0.1, 0.15) is 0 Å². The van der Waals surface area contributed by atoms with Gasteiger partial charge in [-0.15, -0.1) is 0 Å². The van der Waals surface area contributed by atoms with E-state index in [2.05, 4.69) is 9.97 Å². The van der Waals surface area contributed by atoms with Crippen molar-refractivity contribution in [1.82, 2.24) is 9.97 Å². The second-order valence-electron chi connectivity index (χ2n) is 3.69. The summed E-state index contributed by atoms with van der Waals surface area (Å²) in [7, 11) is 0. The molecule has 0 bridgehead atoms. The van der Waals surface area contributed by atoms with E-state index >= 15 is 0 Å². The Kier molecular flexibility index (Phi) is 3.19. The molecule has 1 aromatic carbocycles. The molecule has 1 heterocycles. The van der Waals surface area contributed by atoms with Crippen LogP contribution < -0.4 is 26.1 Å². The Labute approximate surface area is 110 Å². The molecular formula is C9H12AsN6O3+. The molecule has 8 N–H and O–H groups in total. The second kappa shape index (κ2) is 4.54. The third kappa shape index (κ3) is 2.68. The van der Waals surface area contributed by atoms with Crippen molar-refractivity contribution in [2.75, 3.05) is 17.2 Å². The SMILES string of the molecule is Nc1nc(N)[n+](-c2ccc([As](=O)(O)O)cc2)c(N)n1. The third-order valence-electron chi connectivity index (χ3n) is 2.36. The average Bonchev–Trinajstić information content (AvgIpc) is 2.27. The van der Waals surface area contributed by atoms with E-state index in [1.165, 1.54) is 28.8 Å². The van der Waals surface area contributed by atoms with Crippen LogP contribution >= 0.6 is 0 Å². The minimum atomic E-state index is -4.90. The van der Waals surface area contributed by atoms with Crippen molar-refractivity contribution >= 4 is 36.4 Å². The van der Waals surface area contributed by atoms with E-state index in [1.54, 1.807) is 0 Å². The quantitative estimate of drug-likeness (QED) is 0.289. The van der Waals surface area contributed by atoms with E-state index < -0.39 is 14.2 Å². The van der Waals surface area contributed by atoms with Gasteiger partial charge in [0.05, 0.1) is 0 Å². The van der Waals surface area contributed by atoms with Crippen LogP contribution in [0.5, 0.6) is 0 Å². The molecule has 0 unspecified atom stereocenters. The summed E-state index contributed by atoms with van der Waals surface area (Å²) < 4.78 is 30.5. The normalized spacial score (nSPS) is 11.5. The van der Waals surface area contributed by atoms with Crippen LogP contribution in [0.15, 0.2) is 24.3 Å². The van der Waals surface area contributed by atoms with Gasteiger partial charge in [-0.2, -0.15) is 0 Å². The van der Waals surface area contributed by atoms with Crippen LogP contribution in [0.25, 0.3) is 5.69 Å². The number of benzene rings is 1. The molecule has 0 fully saturated rings. The van der Waals surface area contributed by atoms with Crippen molar-refractivity contribution in [1.29, 1.82) is 0 Å². The van der Waals surface area contributed by atoms with Crippen molar-refractivity contribution < 1.29 is 16.5 Å². The molecule has 1 aromatic heterocycles. The van der Waals surface area contributed by atoms with Crippen LogP contribution in [-0.4, -0.2) is 32.3 Å². The topological polar surface area (TPSA) is 165 Å². The van der Waals surface area contributed by atoms with Crippen LogP contribution in [0, 0.1) is 0 Å². The first-order valence-electron chi connectivity index (χ1n) is 5.06. The summed E-state index contributed by atoms with van der Waals surface area (Å²) >= 11 is -4.90. The van der Waals surface area contributed by atoms with Gasteiger partial charge < -0.3 is 0 Å². The summed E-state index contributed by atoms with van der Waals surface area (Å²) in [4.78, 5) is 7.52. The van der Waals surface area contributed by atoms with E-state index in [9.17, 15) is 3.74 Å². The summed E-state index contributed by atoms with van der Waals surface area (Å²) in [5.74, 6) is -0.0000909. The molecule has 0 aliphatic rings. The number of aromatic nitrogens is 3. The molecule has 0 amide bonds. The Bertz CT molecular complexity index is 645. The molecule has 0 spiro atoms. The van der Waals surface area contributed by atoms with E-state index in [0.29, 0.717) is 5.69 Å². The molecule has 9 nitrogen and oxygen atoms in total. The summed E-state index contributed by atoms with van der Waals surface area (Å²) in [6, 6.07) is 5.53. The Morgan fingerprint density at radius 1 is 1.00 bits per heavy atom. The molecule has 2 aromatic rings. The number of anilines is 3. The molecule has 0 aliphatic carbocycles. The first-order chi connectivity index (χ1) is 8.79. The van der Waals surface area contributed by atoms with Gasteiger partial charge in [0, 0.05) is 0 Å². The van der Waals surface area contributed by atoms with Gasteiger partial charge >= 0.3 is 110 Å². The van der Waals surface area contributed by atoms with Gasteiger partial charge in [0.25, 0.3) is 0 Å². The summed E-state index contributed by atoms with van der Waals surface area (Å²) in [6.45, 7) is 0. The zero-order valence-electron chi connectivity index (χ0n) is 9.63. The fourth-order valence-corrected chi connectivity index (χ4v) is 2.67. The summed E-state index contributed by atoms with van der Waals surface area (Å²) in [6.07, 6.45) is 0.